The van der Waals surface area contributed by atoms with E-state index in [1.54, 1.807) is 6.07 Å². The summed E-state index contributed by atoms with van der Waals surface area (Å²) in [5, 5.41) is 17.2. The van der Waals surface area contributed by atoms with Crippen LogP contribution in [0.3, 0.4) is 0 Å². The quantitative estimate of drug-likeness (QED) is 0.150. The molecule has 0 radical (unpaired) electrons. The van der Waals surface area contributed by atoms with Gasteiger partial charge in [-0.1, -0.05) is 0 Å². The van der Waals surface area contributed by atoms with E-state index in [0.717, 1.165) is 38.1 Å². The number of nitro groups is 1. The van der Waals surface area contributed by atoms with Crippen LogP contribution >= 0.6 is 12.4 Å². The summed E-state index contributed by atoms with van der Waals surface area (Å²) in [6.45, 7) is 5.09. The fraction of sp³-hybridized carbons (Fsp3) is 0.600. The lowest BCUT2D eigenvalue weighted by Crippen LogP contribution is -2.34. The van der Waals surface area contributed by atoms with Crippen LogP contribution in [0, 0.1) is 10.1 Å². The molecule has 36 heavy (non-hydrogen) atoms. The number of pyridine rings is 1. The summed E-state index contributed by atoms with van der Waals surface area (Å²) in [6, 6.07) is 3.04. The lowest BCUT2D eigenvalue weighted by atomic mass is 10.1. The predicted octanol–water partition coefficient (Wildman–Crippen LogP) is 4.73. The van der Waals surface area contributed by atoms with Crippen molar-refractivity contribution in [2.45, 2.75) is 38.5 Å². The first kappa shape index (κ1) is 35.1. The average Bonchev–Trinajstić information content (AvgIpc) is 2.83. The molecule has 214 valence electrons. The number of aromatic nitrogens is 4. The van der Waals surface area contributed by atoms with E-state index in [1.807, 2.05) is 0 Å². The second-order valence-corrected chi connectivity index (χ2v) is 7.87. The van der Waals surface area contributed by atoms with Gasteiger partial charge in [0.15, 0.2) is 0 Å². The molecule has 4 heterocycles. The Kier molecular flexibility index (Phi) is 16.9. The van der Waals surface area contributed by atoms with Gasteiger partial charge in [-0.05, 0) is 44.6 Å². The molecule has 14 N–H and O–H groups in total. The van der Waals surface area contributed by atoms with Gasteiger partial charge >= 0.3 is 0 Å². The minimum absolute atomic E-state index is 0. The van der Waals surface area contributed by atoms with E-state index < -0.39 is 4.92 Å². The summed E-state index contributed by atoms with van der Waals surface area (Å²) in [6.07, 6.45) is 8.43. The number of rotatable bonds is 8. The molecule has 4 rings (SSSR count). The highest BCUT2D eigenvalue weighted by molar-refractivity contribution is 5.85. The number of nitrogens with one attached hydrogen (secondary N) is 2. The summed E-state index contributed by atoms with van der Waals surface area (Å²) < 4.78 is 0. The van der Waals surface area contributed by atoms with E-state index >= 15 is 0 Å². The molecular weight excluding hydrogens is 490 g/mol. The number of anilines is 4. The van der Waals surface area contributed by atoms with Gasteiger partial charge in [0.2, 0.25) is 17.8 Å². The molecule has 0 amide bonds. The van der Waals surface area contributed by atoms with Crippen LogP contribution in [0.15, 0.2) is 18.3 Å². The molecule has 0 unspecified atom stereocenters. The summed E-state index contributed by atoms with van der Waals surface area (Å²) in [5.41, 5.74) is -0.0238. The van der Waals surface area contributed by atoms with Gasteiger partial charge in [0, 0.05) is 51.0 Å². The lowest BCUT2D eigenvalue weighted by molar-refractivity contribution is -0.385. The van der Waals surface area contributed by atoms with Crippen LogP contribution in [-0.4, -0.2) is 64.1 Å². The van der Waals surface area contributed by atoms with Crippen molar-refractivity contribution in [1.29, 1.82) is 0 Å². The van der Waals surface area contributed by atoms with Crippen molar-refractivity contribution in [3.05, 3.63) is 28.4 Å². The van der Waals surface area contributed by atoms with E-state index in [-0.39, 0.29) is 48.4 Å². The van der Waals surface area contributed by atoms with E-state index in [0.29, 0.717) is 24.9 Å². The normalized spacial score (nSPS) is 14.4. The lowest BCUT2D eigenvalue weighted by Gasteiger charge is -2.30. The van der Waals surface area contributed by atoms with Gasteiger partial charge in [0.1, 0.15) is 12.0 Å². The first-order valence-corrected chi connectivity index (χ1v) is 11.0. The highest BCUT2D eigenvalue weighted by Gasteiger charge is 2.20. The topological polar surface area (TPSA) is 265 Å². The summed E-state index contributed by atoms with van der Waals surface area (Å²) in [4.78, 5) is 33.0. The maximum Gasteiger partial charge on any atom is 0.287 e. The number of nitrogens with zero attached hydrogens (tertiary/aromatic N) is 7. The van der Waals surface area contributed by atoms with Crippen LogP contribution in [0.5, 0.6) is 0 Å². The third-order valence-corrected chi connectivity index (χ3v) is 5.56. The molecule has 2 aliphatic rings. The average molecular weight is 540 g/mol. The van der Waals surface area contributed by atoms with Crippen molar-refractivity contribution >= 4 is 41.8 Å². The van der Waals surface area contributed by atoms with Crippen LogP contribution < -0.4 is 45.0 Å². The van der Waals surface area contributed by atoms with Gasteiger partial charge < -0.3 is 45.0 Å². The minimum atomic E-state index is -0.459. The Morgan fingerprint density at radius 1 is 0.806 bits per heavy atom. The molecule has 0 spiro atoms. The van der Waals surface area contributed by atoms with Crippen molar-refractivity contribution in [2.24, 2.45) is 0 Å². The fourth-order valence-corrected chi connectivity index (χ4v) is 3.87. The third kappa shape index (κ3) is 9.50. The molecule has 16 heteroatoms. The highest BCUT2D eigenvalue weighted by Crippen LogP contribution is 2.22. The zero-order chi connectivity index (χ0) is 21.5. The Morgan fingerprint density at radius 3 is 1.75 bits per heavy atom. The molecule has 0 atom stereocenters. The second kappa shape index (κ2) is 17.3. The van der Waals surface area contributed by atoms with Crippen LogP contribution in [0.2, 0.25) is 0 Å². The van der Waals surface area contributed by atoms with Crippen LogP contribution in [0.1, 0.15) is 44.2 Å². The number of halogens is 1. The Balaban J connectivity index is -0.000000321. The Morgan fingerprint density at radius 2 is 1.31 bits per heavy atom. The molecule has 15 nitrogen and oxygen atoms in total. The monoisotopic (exact) mass is 539 g/mol. The maximum atomic E-state index is 10.7. The standard InChI is InChI=1S/C20H29N9O2.ClH.4H3N.4H2/c30-29(31)16-7-8-17(23-15-16)21-9-10-22-18-24-19(27-11-3-1-4-12-27)26-20(25-18)28-13-5-2-6-14-28;;;;;;;;;/h7-8,15H,1-6,9-14H2,(H,21,23)(H,22,24,25,26);1H;4*1H3;4*1H. The third-order valence-electron chi connectivity index (χ3n) is 5.56. The van der Waals surface area contributed by atoms with Crippen molar-refractivity contribution in [3.8, 4) is 0 Å². The fourth-order valence-electron chi connectivity index (χ4n) is 3.87. The van der Waals surface area contributed by atoms with Gasteiger partial charge in [0.25, 0.3) is 5.69 Å². The van der Waals surface area contributed by atoms with Gasteiger partial charge in [-0.2, -0.15) is 15.0 Å². The molecule has 2 fully saturated rings. The molecule has 2 aromatic heterocycles. The zero-order valence-corrected chi connectivity index (χ0v) is 21.7. The number of piperidine rings is 2. The van der Waals surface area contributed by atoms with Crippen molar-refractivity contribution in [2.75, 3.05) is 59.7 Å². The van der Waals surface area contributed by atoms with Crippen LogP contribution in [-0.2, 0) is 0 Å². The zero-order valence-electron chi connectivity index (χ0n) is 20.9. The van der Waals surface area contributed by atoms with Gasteiger partial charge in [-0.15, -0.1) is 12.4 Å². The molecule has 2 aromatic rings. The Bertz CT molecular complexity index is 861. The summed E-state index contributed by atoms with van der Waals surface area (Å²) >= 11 is 0. The van der Waals surface area contributed by atoms with Gasteiger partial charge in [-0.25, -0.2) is 4.98 Å². The second-order valence-electron chi connectivity index (χ2n) is 7.87. The van der Waals surface area contributed by atoms with Crippen molar-refractivity contribution < 1.29 is 10.6 Å². The maximum absolute atomic E-state index is 10.7. The molecular formula is C20H50ClN13O2. The number of hydrogen-bond acceptors (Lipinski definition) is 14. The SMILES string of the molecule is Cl.N.N.N.N.O=[N+]([O-])c1ccc(NCCNc2nc(N3CCCCC3)nc(N3CCCCC3)n2)nc1.[HH].[HH].[HH].[HH]. The van der Waals surface area contributed by atoms with E-state index in [2.05, 4.69) is 35.4 Å². The predicted molar refractivity (Wildman–Crippen MR) is 156 cm³/mol. The van der Waals surface area contributed by atoms with Gasteiger partial charge in [-0.3, -0.25) is 10.1 Å². The van der Waals surface area contributed by atoms with E-state index in [9.17, 15) is 10.1 Å². The summed E-state index contributed by atoms with van der Waals surface area (Å²) in [7, 11) is 0. The van der Waals surface area contributed by atoms with Crippen molar-refractivity contribution in [3.63, 3.8) is 0 Å². The first-order chi connectivity index (χ1) is 15.2. The highest BCUT2D eigenvalue weighted by atomic mass is 35.5. The summed E-state index contributed by atoms with van der Waals surface area (Å²) in [5.74, 6) is 2.67. The molecule has 2 saturated heterocycles. The van der Waals surface area contributed by atoms with Gasteiger partial charge in [0.05, 0.1) is 4.92 Å². The number of hydrogen-bond donors (Lipinski definition) is 6. The molecule has 0 aromatic carbocycles. The van der Waals surface area contributed by atoms with E-state index in [4.69, 9.17) is 4.98 Å². The first-order valence-electron chi connectivity index (χ1n) is 11.0. The molecule has 0 saturated carbocycles. The smallest absolute Gasteiger partial charge is 0.287 e. The van der Waals surface area contributed by atoms with Crippen LogP contribution in [0.25, 0.3) is 0 Å². The van der Waals surface area contributed by atoms with E-state index in [1.165, 1.54) is 50.8 Å². The van der Waals surface area contributed by atoms with Crippen molar-refractivity contribution in [1.82, 2.24) is 44.5 Å². The molecule has 0 bridgehead atoms. The Labute approximate surface area is 224 Å². The minimum Gasteiger partial charge on any atom is -0.368 e. The largest absolute Gasteiger partial charge is 0.368 e. The molecule has 2 aliphatic heterocycles. The molecule has 0 aliphatic carbocycles. The van der Waals surface area contributed by atoms with Crippen LogP contribution in [0.4, 0.5) is 29.4 Å². The Hall–Kier alpha value is -3.11.